The third-order valence-corrected chi connectivity index (χ3v) is 6.11. The van der Waals surface area contributed by atoms with Crippen LogP contribution in [-0.2, 0) is 0 Å². The normalized spacial score (nSPS) is 15.3. The van der Waals surface area contributed by atoms with Crippen LogP contribution in [-0.4, -0.2) is 29.8 Å². The number of rotatable bonds is 5. The molecule has 1 aliphatic rings. The van der Waals surface area contributed by atoms with Crippen LogP contribution in [0, 0.1) is 0 Å². The maximum absolute atomic E-state index is 13.6. The molecule has 32 heavy (non-hydrogen) atoms. The Balaban J connectivity index is 1.78. The minimum absolute atomic E-state index is 0.0297. The van der Waals surface area contributed by atoms with Crippen molar-refractivity contribution in [2.24, 2.45) is 0 Å². The Kier molecular flexibility index (Phi) is 5.07. The van der Waals surface area contributed by atoms with E-state index in [2.05, 4.69) is 10.2 Å². The number of ether oxygens (including phenoxy) is 2. The maximum atomic E-state index is 13.6. The van der Waals surface area contributed by atoms with Gasteiger partial charge in [-0.3, -0.25) is 14.5 Å². The second kappa shape index (κ2) is 7.92. The molecule has 0 radical (unpaired) electrons. The third kappa shape index (κ3) is 3.12. The number of fused-ring (bicyclic) bond motifs is 2. The standard InChI is InChI=1S/C22H16ClN3O5S/c1-3-30-15-6-4-11(8-16(15)29-2)18-17-19(27)13-9-12(23)5-7-14(13)31-20(17)21(28)26(18)22-25-24-10-32-22/h4-10,18H,3H2,1-2H3/t18-/m0/s1. The molecule has 1 atom stereocenters. The fourth-order valence-electron chi connectivity index (χ4n) is 3.86. The third-order valence-electron chi connectivity index (χ3n) is 5.19. The number of nitrogens with zero attached hydrogens (tertiary/aromatic N) is 3. The van der Waals surface area contributed by atoms with Crippen molar-refractivity contribution in [1.82, 2.24) is 10.2 Å². The Morgan fingerprint density at radius 2 is 2.03 bits per heavy atom. The molecule has 0 bridgehead atoms. The van der Waals surface area contributed by atoms with Crippen LogP contribution in [0.15, 0.2) is 51.1 Å². The van der Waals surface area contributed by atoms with Crippen LogP contribution in [0.5, 0.6) is 11.5 Å². The zero-order chi connectivity index (χ0) is 22.4. The van der Waals surface area contributed by atoms with Gasteiger partial charge in [-0.2, -0.15) is 0 Å². The first-order chi connectivity index (χ1) is 15.5. The fraction of sp³-hybridized carbons (Fsp3) is 0.182. The van der Waals surface area contributed by atoms with Gasteiger partial charge in [0, 0.05) is 5.02 Å². The van der Waals surface area contributed by atoms with Crippen LogP contribution >= 0.6 is 22.9 Å². The fourth-order valence-corrected chi connectivity index (χ4v) is 4.62. The molecular weight excluding hydrogens is 454 g/mol. The molecule has 1 aliphatic heterocycles. The van der Waals surface area contributed by atoms with Gasteiger partial charge in [-0.05, 0) is 42.8 Å². The summed E-state index contributed by atoms with van der Waals surface area (Å²) < 4.78 is 17.0. The number of amides is 1. The summed E-state index contributed by atoms with van der Waals surface area (Å²) in [5.41, 5.74) is 2.33. The van der Waals surface area contributed by atoms with Gasteiger partial charge in [-0.15, -0.1) is 10.2 Å². The van der Waals surface area contributed by atoms with E-state index in [4.69, 9.17) is 25.5 Å². The summed E-state index contributed by atoms with van der Waals surface area (Å²) in [7, 11) is 1.53. The van der Waals surface area contributed by atoms with Gasteiger partial charge in [0.15, 0.2) is 16.9 Å². The highest BCUT2D eigenvalue weighted by Crippen LogP contribution is 2.43. The van der Waals surface area contributed by atoms with Crippen molar-refractivity contribution in [2.75, 3.05) is 18.6 Å². The molecule has 8 nitrogen and oxygen atoms in total. The molecule has 5 rings (SSSR count). The van der Waals surface area contributed by atoms with E-state index in [0.29, 0.717) is 39.2 Å². The summed E-state index contributed by atoms with van der Waals surface area (Å²) in [6, 6.07) is 9.22. The topological polar surface area (TPSA) is 94.8 Å². The Morgan fingerprint density at radius 1 is 1.19 bits per heavy atom. The first-order valence-electron chi connectivity index (χ1n) is 9.70. The first kappa shape index (κ1) is 20.5. The molecule has 0 N–H and O–H groups in total. The quantitative estimate of drug-likeness (QED) is 0.426. The summed E-state index contributed by atoms with van der Waals surface area (Å²) in [4.78, 5) is 28.4. The smallest absolute Gasteiger partial charge is 0.297 e. The van der Waals surface area contributed by atoms with Crippen LogP contribution in [0.2, 0.25) is 5.02 Å². The van der Waals surface area contributed by atoms with Gasteiger partial charge in [0.25, 0.3) is 5.91 Å². The number of benzene rings is 2. The van der Waals surface area contributed by atoms with E-state index in [1.807, 2.05) is 6.92 Å². The lowest BCUT2D eigenvalue weighted by Crippen LogP contribution is -2.29. The van der Waals surface area contributed by atoms with E-state index in [-0.39, 0.29) is 22.3 Å². The number of aromatic nitrogens is 2. The molecule has 1 amide bonds. The highest BCUT2D eigenvalue weighted by atomic mass is 35.5. The van der Waals surface area contributed by atoms with Crippen molar-refractivity contribution in [3.8, 4) is 11.5 Å². The van der Waals surface area contributed by atoms with E-state index in [1.54, 1.807) is 30.3 Å². The highest BCUT2D eigenvalue weighted by molar-refractivity contribution is 7.13. The number of methoxy groups -OCH3 is 1. The van der Waals surface area contributed by atoms with E-state index in [0.717, 1.165) is 0 Å². The van der Waals surface area contributed by atoms with E-state index >= 15 is 0 Å². The number of carbonyl (C=O) groups excluding carboxylic acids is 1. The second-order valence-corrected chi connectivity index (χ2v) is 8.20. The van der Waals surface area contributed by atoms with E-state index in [9.17, 15) is 9.59 Å². The number of hydrogen-bond donors (Lipinski definition) is 0. The van der Waals surface area contributed by atoms with Crippen molar-refractivity contribution < 1.29 is 18.7 Å². The lowest BCUT2D eigenvalue weighted by molar-refractivity contribution is 0.0970. The SMILES string of the molecule is CCOc1ccc([C@H]2c3c(oc4ccc(Cl)cc4c3=O)C(=O)N2c2nncs2)cc1OC. The van der Waals surface area contributed by atoms with Gasteiger partial charge in [0.1, 0.15) is 11.1 Å². The summed E-state index contributed by atoms with van der Waals surface area (Å²) in [6.07, 6.45) is 0. The number of carbonyl (C=O) groups is 1. The first-order valence-corrected chi connectivity index (χ1v) is 11.0. The summed E-state index contributed by atoms with van der Waals surface area (Å²) >= 11 is 7.30. The molecule has 4 aromatic rings. The molecular formula is C22H16ClN3O5S. The molecule has 0 saturated carbocycles. The van der Waals surface area contributed by atoms with Gasteiger partial charge < -0.3 is 13.9 Å². The Hall–Kier alpha value is -3.43. The van der Waals surface area contributed by atoms with Crippen molar-refractivity contribution in [3.63, 3.8) is 0 Å². The van der Waals surface area contributed by atoms with Crippen LogP contribution in [0.3, 0.4) is 0 Å². The van der Waals surface area contributed by atoms with Crippen molar-refractivity contribution in [3.05, 3.63) is 74.0 Å². The molecule has 0 aliphatic carbocycles. The van der Waals surface area contributed by atoms with Crippen molar-refractivity contribution in [2.45, 2.75) is 13.0 Å². The van der Waals surface area contributed by atoms with Crippen LogP contribution in [0.4, 0.5) is 5.13 Å². The summed E-state index contributed by atoms with van der Waals surface area (Å²) in [5, 5.41) is 8.96. The van der Waals surface area contributed by atoms with Gasteiger partial charge in [0.2, 0.25) is 10.9 Å². The van der Waals surface area contributed by atoms with Crippen molar-refractivity contribution >= 4 is 44.9 Å². The number of anilines is 1. The zero-order valence-electron chi connectivity index (χ0n) is 17.0. The number of halogens is 1. The predicted molar refractivity (Wildman–Crippen MR) is 120 cm³/mol. The van der Waals surface area contributed by atoms with Crippen LogP contribution < -0.4 is 19.8 Å². The Labute approximate surface area is 191 Å². The monoisotopic (exact) mass is 469 g/mol. The minimum Gasteiger partial charge on any atom is -0.493 e. The maximum Gasteiger partial charge on any atom is 0.297 e. The van der Waals surface area contributed by atoms with Crippen LogP contribution in [0.25, 0.3) is 11.0 Å². The Morgan fingerprint density at radius 3 is 2.75 bits per heavy atom. The average Bonchev–Trinajstić information content (AvgIpc) is 3.41. The molecule has 0 spiro atoms. The number of hydrogen-bond acceptors (Lipinski definition) is 8. The van der Waals surface area contributed by atoms with E-state index < -0.39 is 11.9 Å². The summed E-state index contributed by atoms with van der Waals surface area (Å²) in [5.74, 6) is 0.542. The lowest BCUT2D eigenvalue weighted by Gasteiger charge is -2.23. The minimum atomic E-state index is -0.783. The molecule has 0 saturated heterocycles. The van der Waals surface area contributed by atoms with Gasteiger partial charge in [-0.25, -0.2) is 0 Å². The Bertz CT molecular complexity index is 1400. The summed E-state index contributed by atoms with van der Waals surface area (Å²) in [6.45, 7) is 2.34. The molecule has 3 heterocycles. The molecule has 0 unspecified atom stereocenters. The zero-order valence-corrected chi connectivity index (χ0v) is 18.6. The van der Waals surface area contributed by atoms with Gasteiger partial charge in [-0.1, -0.05) is 29.0 Å². The van der Waals surface area contributed by atoms with Gasteiger partial charge >= 0.3 is 0 Å². The molecule has 2 aromatic carbocycles. The molecule has 10 heteroatoms. The molecule has 0 fully saturated rings. The van der Waals surface area contributed by atoms with Gasteiger partial charge in [0.05, 0.1) is 30.7 Å². The van der Waals surface area contributed by atoms with E-state index in [1.165, 1.54) is 34.9 Å². The van der Waals surface area contributed by atoms with Crippen LogP contribution in [0.1, 0.15) is 34.6 Å². The molecule has 162 valence electrons. The predicted octanol–water partition coefficient (Wildman–Crippen LogP) is 4.46. The second-order valence-electron chi connectivity index (χ2n) is 6.96. The average molecular weight is 470 g/mol. The largest absolute Gasteiger partial charge is 0.493 e. The molecule has 2 aromatic heterocycles. The highest BCUT2D eigenvalue weighted by Gasteiger charge is 2.45. The van der Waals surface area contributed by atoms with Crippen molar-refractivity contribution in [1.29, 1.82) is 0 Å². The lowest BCUT2D eigenvalue weighted by atomic mass is 9.98.